The molecule has 0 bridgehead atoms. The highest BCUT2D eigenvalue weighted by Crippen LogP contribution is 2.29. The van der Waals surface area contributed by atoms with Crippen LogP contribution in [0.2, 0.25) is 0 Å². The molecule has 1 aliphatic heterocycles. The standard InChI is InChI=1S/C25H29N3O3/c1-15-9-8-12-22(17(15)3)27-16(2)13-19(18(27)4)14-21-23(29)26-25(31)28(24(21)30)20-10-6-5-7-11-20/h8-9,12-14,20H,5-7,10-11H2,1-4H3,(H,26,29,31)/b21-14+. The third-order valence-electron chi connectivity index (χ3n) is 6.66. The number of nitrogens with zero attached hydrogens (tertiary/aromatic N) is 2. The van der Waals surface area contributed by atoms with E-state index < -0.39 is 17.8 Å². The zero-order valence-electron chi connectivity index (χ0n) is 18.6. The molecule has 4 amide bonds. The Morgan fingerprint density at radius 1 is 1.00 bits per heavy atom. The zero-order valence-corrected chi connectivity index (χ0v) is 18.6. The van der Waals surface area contributed by atoms with Crippen molar-refractivity contribution in [3.05, 3.63) is 57.9 Å². The van der Waals surface area contributed by atoms with Crippen LogP contribution in [0, 0.1) is 27.7 Å². The van der Waals surface area contributed by atoms with E-state index in [1.165, 1.54) is 16.0 Å². The van der Waals surface area contributed by atoms with Crippen molar-refractivity contribution in [1.82, 2.24) is 14.8 Å². The highest BCUT2D eigenvalue weighted by atomic mass is 16.2. The van der Waals surface area contributed by atoms with E-state index in [4.69, 9.17) is 0 Å². The second-order valence-electron chi connectivity index (χ2n) is 8.67. The number of urea groups is 1. The number of aromatic nitrogens is 1. The first kappa shape index (κ1) is 21.1. The van der Waals surface area contributed by atoms with E-state index in [0.29, 0.717) is 0 Å². The normalized spacial score (nSPS) is 19.3. The Kier molecular flexibility index (Phi) is 5.56. The molecule has 0 atom stereocenters. The Hall–Kier alpha value is -3.15. The van der Waals surface area contributed by atoms with E-state index >= 15 is 0 Å². The molecule has 1 aliphatic carbocycles. The van der Waals surface area contributed by atoms with E-state index in [1.807, 2.05) is 26.0 Å². The van der Waals surface area contributed by atoms with Crippen LogP contribution in [0.3, 0.4) is 0 Å². The van der Waals surface area contributed by atoms with Gasteiger partial charge in [0.05, 0.1) is 0 Å². The van der Waals surface area contributed by atoms with Gasteiger partial charge in [0.1, 0.15) is 5.57 Å². The molecule has 0 spiro atoms. The van der Waals surface area contributed by atoms with Gasteiger partial charge in [-0.3, -0.25) is 19.8 Å². The van der Waals surface area contributed by atoms with Gasteiger partial charge < -0.3 is 4.57 Å². The summed E-state index contributed by atoms with van der Waals surface area (Å²) < 4.78 is 2.14. The van der Waals surface area contributed by atoms with Gasteiger partial charge in [-0.05, 0) is 75.4 Å². The Bertz CT molecular complexity index is 1100. The third kappa shape index (κ3) is 3.71. The number of hydrogen-bond acceptors (Lipinski definition) is 3. The summed E-state index contributed by atoms with van der Waals surface area (Å²) in [6.45, 7) is 8.17. The number of carbonyl (C=O) groups excluding carboxylic acids is 3. The topological polar surface area (TPSA) is 71.4 Å². The fraction of sp³-hybridized carbons (Fsp3) is 0.400. The summed E-state index contributed by atoms with van der Waals surface area (Å²) in [6, 6.07) is 7.42. The van der Waals surface area contributed by atoms with Crippen molar-refractivity contribution in [1.29, 1.82) is 0 Å². The molecular weight excluding hydrogens is 390 g/mol. The Balaban J connectivity index is 1.74. The van der Waals surface area contributed by atoms with Crippen LogP contribution in [0.15, 0.2) is 29.8 Å². The lowest BCUT2D eigenvalue weighted by Crippen LogP contribution is -2.58. The number of rotatable bonds is 3. The van der Waals surface area contributed by atoms with Crippen molar-refractivity contribution < 1.29 is 14.4 Å². The summed E-state index contributed by atoms with van der Waals surface area (Å²) in [4.78, 5) is 39.4. The van der Waals surface area contributed by atoms with Crippen LogP contribution in [0.25, 0.3) is 11.8 Å². The van der Waals surface area contributed by atoms with Crippen molar-refractivity contribution in [2.24, 2.45) is 0 Å². The smallest absolute Gasteiger partial charge is 0.318 e. The molecule has 0 unspecified atom stereocenters. The molecule has 0 radical (unpaired) electrons. The molecule has 162 valence electrons. The van der Waals surface area contributed by atoms with Crippen molar-refractivity contribution in [3.8, 4) is 5.69 Å². The number of amides is 4. The summed E-state index contributed by atoms with van der Waals surface area (Å²) in [5.74, 6) is -1.12. The summed E-state index contributed by atoms with van der Waals surface area (Å²) in [7, 11) is 0. The molecule has 31 heavy (non-hydrogen) atoms. The van der Waals surface area contributed by atoms with Crippen LogP contribution in [0.5, 0.6) is 0 Å². The predicted molar refractivity (Wildman–Crippen MR) is 120 cm³/mol. The van der Waals surface area contributed by atoms with E-state index in [1.54, 1.807) is 6.08 Å². The molecule has 6 nitrogen and oxygen atoms in total. The Morgan fingerprint density at radius 3 is 2.42 bits per heavy atom. The average molecular weight is 420 g/mol. The summed E-state index contributed by atoms with van der Waals surface area (Å²) in [5, 5.41) is 2.37. The summed E-state index contributed by atoms with van der Waals surface area (Å²) >= 11 is 0. The SMILES string of the molecule is Cc1cccc(-n2c(C)cc(/C=C3\C(=O)NC(=O)N(C4CCCCC4)C3=O)c2C)c1C. The number of benzene rings is 1. The van der Waals surface area contributed by atoms with E-state index in [0.717, 1.165) is 54.7 Å². The minimum Gasteiger partial charge on any atom is -0.318 e. The van der Waals surface area contributed by atoms with E-state index in [2.05, 4.69) is 35.9 Å². The molecule has 2 aliphatic rings. The van der Waals surface area contributed by atoms with E-state index in [-0.39, 0.29) is 11.6 Å². The Morgan fingerprint density at radius 2 is 1.71 bits per heavy atom. The van der Waals surface area contributed by atoms with Gasteiger partial charge in [0.2, 0.25) is 0 Å². The number of barbiturate groups is 1. The number of imide groups is 2. The van der Waals surface area contributed by atoms with Crippen molar-refractivity contribution in [3.63, 3.8) is 0 Å². The molecule has 2 heterocycles. The predicted octanol–water partition coefficient (Wildman–Crippen LogP) is 4.51. The minimum absolute atomic E-state index is 0.0198. The first-order chi connectivity index (χ1) is 14.8. The first-order valence-corrected chi connectivity index (χ1v) is 11.0. The van der Waals surface area contributed by atoms with Crippen molar-refractivity contribution in [2.45, 2.75) is 65.8 Å². The lowest BCUT2D eigenvalue weighted by atomic mass is 9.93. The molecule has 2 fully saturated rings. The maximum atomic E-state index is 13.2. The second kappa shape index (κ2) is 8.17. The highest BCUT2D eigenvalue weighted by molar-refractivity contribution is 6.31. The molecule has 2 aromatic rings. The molecule has 1 aromatic heterocycles. The molecule has 1 saturated heterocycles. The lowest BCUT2D eigenvalue weighted by Gasteiger charge is -2.35. The first-order valence-electron chi connectivity index (χ1n) is 11.0. The zero-order chi connectivity index (χ0) is 22.3. The van der Waals surface area contributed by atoms with Crippen LogP contribution in [0.4, 0.5) is 4.79 Å². The molecule has 1 saturated carbocycles. The van der Waals surface area contributed by atoms with Gasteiger partial charge in [0.25, 0.3) is 11.8 Å². The maximum absolute atomic E-state index is 13.2. The largest absolute Gasteiger partial charge is 0.331 e. The van der Waals surface area contributed by atoms with Crippen molar-refractivity contribution >= 4 is 23.9 Å². The van der Waals surface area contributed by atoms with Gasteiger partial charge in [-0.2, -0.15) is 0 Å². The fourth-order valence-electron chi connectivity index (χ4n) is 4.78. The molecule has 6 heteroatoms. The van der Waals surface area contributed by atoms with Crippen LogP contribution in [0.1, 0.15) is 60.2 Å². The van der Waals surface area contributed by atoms with Gasteiger partial charge in [0, 0.05) is 23.1 Å². The lowest BCUT2D eigenvalue weighted by molar-refractivity contribution is -0.132. The molecule has 4 rings (SSSR count). The second-order valence-corrected chi connectivity index (χ2v) is 8.67. The number of aryl methyl sites for hydroxylation is 2. The summed E-state index contributed by atoms with van der Waals surface area (Å²) in [6.07, 6.45) is 6.32. The van der Waals surface area contributed by atoms with Gasteiger partial charge >= 0.3 is 6.03 Å². The number of nitrogens with one attached hydrogen (secondary N) is 1. The van der Waals surface area contributed by atoms with Crippen LogP contribution in [-0.2, 0) is 9.59 Å². The molecular formula is C25H29N3O3. The minimum atomic E-state index is -0.626. The number of hydrogen-bond donors (Lipinski definition) is 1. The van der Waals surface area contributed by atoms with Crippen molar-refractivity contribution in [2.75, 3.05) is 0 Å². The average Bonchev–Trinajstić information content (AvgIpc) is 3.01. The number of carbonyl (C=O) groups is 3. The maximum Gasteiger partial charge on any atom is 0.331 e. The summed E-state index contributed by atoms with van der Waals surface area (Å²) in [5.41, 5.74) is 6.25. The van der Waals surface area contributed by atoms with Gasteiger partial charge in [-0.15, -0.1) is 0 Å². The van der Waals surface area contributed by atoms with Gasteiger partial charge in [-0.25, -0.2) is 4.79 Å². The third-order valence-corrected chi connectivity index (χ3v) is 6.66. The van der Waals surface area contributed by atoms with Crippen LogP contribution in [-0.4, -0.2) is 33.4 Å². The van der Waals surface area contributed by atoms with Gasteiger partial charge in [0.15, 0.2) is 0 Å². The van der Waals surface area contributed by atoms with E-state index in [9.17, 15) is 14.4 Å². The molecule has 1 N–H and O–H groups in total. The molecule has 1 aromatic carbocycles. The quantitative estimate of drug-likeness (QED) is 0.588. The van der Waals surface area contributed by atoms with Crippen LogP contribution >= 0.6 is 0 Å². The van der Waals surface area contributed by atoms with Crippen LogP contribution < -0.4 is 5.32 Å². The highest BCUT2D eigenvalue weighted by Gasteiger charge is 2.40. The Labute approximate surface area is 182 Å². The monoisotopic (exact) mass is 419 g/mol. The van der Waals surface area contributed by atoms with Gasteiger partial charge in [-0.1, -0.05) is 31.4 Å². The fourth-order valence-corrected chi connectivity index (χ4v) is 4.78.